The van der Waals surface area contributed by atoms with Crippen LogP contribution in [0.15, 0.2) is 100 Å². The summed E-state index contributed by atoms with van der Waals surface area (Å²) in [6, 6.07) is 25.8. The van der Waals surface area contributed by atoms with Gasteiger partial charge in [-0.15, -0.1) is 0 Å². The van der Waals surface area contributed by atoms with Gasteiger partial charge >= 0.3 is 0 Å². The number of benzene rings is 3. The summed E-state index contributed by atoms with van der Waals surface area (Å²) in [5, 5.41) is 6.04. The van der Waals surface area contributed by atoms with Gasteiger partial charge in [0.2, 0.25) is 0 Å². The van der Waals surface area contributed by atoms with Crippen LogP contribution >= 0.6 is 15.9 Å². The molecule has 4 nitrogen and oxygen atoms in total. The van der Waals surface area contributed by atoms with Crippen LogP contribution < -0.4 is 9.91 Å². The molecule has 0 fully saturated rings. The van der Waals surface area contributed by atoms with E-state index in [1.807, 2.05) is 87.8 Å². The third-order valence-corrected chi connectivity index (χ3v) is 5.82. The molecular formula is C27H24BrN3O. The van der Waals surface area contributed by atoms with E-state index >= 15 is 0 Å². The number of nitrogens with zero attached hydrogens (tertiary/aromatic N) is 3. The summed E-state index contributed by atoms with van der Waals surface area (Å²) >= 11 is 3.50. The van der Waals surface area contributed by atoms with Crippen LogP contribution in [-0.2, 0) is 4.79 Å². The second-order valence-corrected chi connectivity index (χ2v) is 8.67. The lowest BCUT2D eigenvalue weighted by atomic mass is 9.96. The van der Waals surface area contributed by atoms with Crippen molar-refractivity contribution in [2.45, 2.75) is 6.92 Å². The smallest absolute Gasteiger partial charge is 0.281 e. The van der Waals surface area contributed by atoms with Gasteiger partial charge in [-0.3, -0.25) is 4.79 Å². The molecule has 1 amide bonds. The Morgan fingerprint density at radius 1 is 0.938 bits per heavy atom. The molecule has 4 rings (SSSR count). The van der Waals surface area contributed by atoms with Crippen LogP contribution in [0.5, 0.6) is 0 Å². The molecule has 32 heavy (non-hydrogen) atoms. The molecule has 0 aliphatic carbocycles. The molecule has 0 saturated heterocycles. The highest BCUT2D eigenvalue weighted by Gasteiger charge is 2.31. The largest absolute Gasteiger partial charge is 0.378 e. The van der Waals surface area contributed by atoms with Crippen LogP contribution in [0.1, 0.15) is 18.1 Å². The minimum absolute atomic E-state index is 0.126. The molecule has 1 aliphatic rings. The topological polar surface area (TPSA) is 35.9 Å². The van der Waals surface area contributed by atoms with E-state index in [0.29, 0.717) is 11.3 Å². The molecule has 1 heterocycles. The van der Waals surface area contributed by atoms with Gasteiger partial charge in [0.05, 0.1) is 17.0 Å². The van der Waals surface area contributed by atoms with Gasteiger partial charge in [0, 0.05) is 24.3 Å². The Morgan fingerprint density at radius 2 is 1.59 bits per heavy atom. The van der Waals surface area contributed by atoms with Crippen LogP contribution in [0.25, 0.3) is 11.6 Å². The fraction of sp³-hybridized carbons (Fsp3) is 0.111. The number of allylic oxidation sites excluding steroid dienone is 2. The number of carbonyl (C=O) groups is 1. The number of hydrogen-bond donors (Lipinski definition) is 0. The van der Waals surface area contributed by atoms with Gasteiger partial charge in [0.15, 0.2) is 0 Å². The fourth-order valence-corrected chi connectivity index (χ4v) is 3.84. The molecule has 0 spiro atoms. The summed E-state index contributed by atoms with van der Waals surface area (Å²) in [6.45, 7) is 1.88. The maximum absolute atomic E-state index is 13.4. The number of hydrazone groups is 1. The normalized spacial score (nSPS) is 15.3. The molecular weight excluding hydrogens is 462 g/mol. The SMILES string of the molecule is CC1=NN(c2ccccc2)C(=O)C1=C(C=Cc1ccc(N(C)C)cc1)c1ccc(Br)cc1. The van der Waals surface area contributed by atoms with Crippen LogP contribution in [0.4, 0.5) is 11.4 Å². The van der Waals surface area contributed by atoms with Crippen molar-refractivity contribution in [1.29, 1.82) is 0 Å². The van der Waals surface area contributed by atoms with Gasteiger partial charge < -0.3 is 4.90 Å². The second-order valence-electron chi connectivity index (χ2n) is 7.75. The van der Waals surface area contributed by atoms with E-state index in [1.54, 1.807) is 0 Å². The Morgan fingerprint density at radius 3 is 2.22 bits per heavy atom. The second kappa shape index (κ2) is 9.37. The third kappa shape index (κ3) is 4.58. The molecule has 3 aromatic carbocycles. The van der Waals surface area contributed by atoms with E-state index in [1.165, 1.54) is 5.01 Å². The Labute approximate surface area is 197 Å². The van der Waals surface area contributed by atoms with Crippen molar-refractivity contribution in [2.75, 3.05) is 24.0 Å². The van der Waals surface area contributed by atoms with Crippen molar-refractivity contribution in [3.63, 3.8) is 0 Å². The summed E-state index contributed by atoms with van der Waals surface area (Å²) < 4.78 is 0.989. The van der Waals surface area contributed by atoms with E-state index < -0.39 is 0 Å². The summed E-state index contributed by atoms with van der Waals surface area (Å²) in [6.07, 6.45) is 4.05. The molecule has 0 atom stereocenters. The number of para-hydroxylation sites is 1. The average Bonchev–Trinajstić information content (AvgIpc) is 3.10. The minimum Gasteiger partial charge on any atom is -0.378 e. The Balaban J connectivity index is 1.77. The highest BCUT2D eigenvalue weighted by molar-refractivity contribution is 9.10. The highest BCUT2D eigenvalue weighted by atomic mass is 79.9. The van der Waals surface area contributed by atoms with E-state index in [-0.39, 0.29) is 5.91 Å². The first kappa shape index (κ1) is 21.8. The molecule has 0 N–H and O–H groups in total. The predicted molar refractivity (Wildman–Crippen MR) is 138 cm³/mol. The van der Waals surface area contributed by atoms with Crippen LogP contribution in [0.3, 0.4) is 0 Å². The van der Waals surface area contributed by atoms with Gasteiger partial charge in [0.25, 0.3) is 5.91 Å². The quantitative estimate of drug-likeness (QED) is 0.391. The summed E-state index contributed by atoms with van der Waals surface area (Å²) in [5.41, 5.74) is 6.07. The molecule has 160 valence electrons. The first-order chi connectivity index (χ1) is 15.4. The van der Waals surface area contributed by atoms with Gasteiger partial charge in [-0.2, -0.15) is 10.1 Å². The molecule has 0 unspecified atom stereocenters. The lowest BCUT2D eigenvalue weighted by Crippen LogP contribution is -2.21. The van der Waals surface area contributed by atoms with Gasteiger partial charge in [0.1, 0.15) is 0 Å². The standard InChI is InChI=1S/C27H24BrN3O/c1-19-26(27(32)31(29-19)24-7-5-4-6-8-24)25(21-12-14-22(28)15-13-21)18-11-20-9-16-23(17-10-20)30(2)3/h4-18H,1-3H3. The molecule has 5 heteroatoms. The van der Waals surface area contributed by atoms with Crippen molar-refractivity contribution in [2.24, 2.45) is 5.10 Å². The summed E-state index contributed by atoms with van der Waals surface area (Å²) in [4.78, 5) is 15.5. The van der Waals surface area contributed by atoms with Crippen molar-refractivity contribution >= 4 is 50.6 Å². The zero-order valence-corrected chi connectivity index (χ0v) is 19.9. The first-order valence-electron chi connectivity index (χ1n) is 10.3. The molecule has 0 saturated carbocycles. The van der Waals surface area contributed by atoms with Crippen LogP contribution in [0, 0.1) is 0 Å². The zero-order valence-electron chi connectivity index (χ0n) is 18.3. The number of carbonyl (C=O) groups excluding carboxylic acids is 1. The Hall–Kier alpha value is -3.44. The number of halogens is 1. The number of rotatable bonds is 5. The van der Waals surface area contributed by atoms with Crippen molar-refractivity contribution in [1.82, 2.24) is 0 Å². The highest BCUT2D eigenvalue weighted by Crippen LogP contribution is 2.31. The molecule has 0 aromatic heterocycles. The Kier molecular flexibility index (Phi) is 6.37. The number of amides is 1. The van der Waals surface area contributed by atoms with E-state index in [0.717, 1.165) is 32.5 Å². The van der Waals surface area contributed by atoms with Gasteiger partial charge in [-0.1, -0.05) is 70.5 Å². The fourth-order valence-electron chi connectivity index (χ4n) is 3.58. The van der Waals surface area contributed by atoms with Gasteiger partial charge in [-0.05, 0) is 60.0 Å². The molecule has 0 radical (unpaired) electrons. The lowest BCUT2D eigenvalue weighted by Gasteiger charge is -2.13. The maximum Gasteiger partial charge on any atom is 0.281 e. The predicted octanol–water partition coefficient (Wildman–Crippen LogP) is 6.40. The van der Waals surface area contributed by atoms with Gasteiger partial charge in [-0.25, -0.2) is 0 Å². The zero-order chi connectivity index (χ0) is 22.7. The number of hydrogen-bond acceptors (Lipinski definition) is 3. The number of anilines is 2. The van der Waals surface area contributed by atoms with Crippen LogP contribution in [0.2, 0.25) is 0 Å². The lowest BCUT2D eigenvalue weighted by molar-refractivity contribution is -0.114. The Bertz CT molecular complexity index is 1210. The van der Waals surface area contributed by atoms with Crippen molar-refractivity contribution < 1.29 is 4.79 Å². The van der Waals surface area contributed by atoms with Crippen molar-refractivity contribution in [3.8, 4) is 0 Å². The maximum atomic E-state index is 13.4. The van der Waals surface area contributed by atoms with E-state index in [4.69, 9.17) is 0 Å². The van der Waals surface area contributed by atoms with Crippen LogP contribution in [-0.4, -0.2) is 25.7 Å². The average molecular weight is 486 g/mol. The van der Waals surface area contributed by atoms with E-state index in [2.05, 4.69) is 50.2 Å². The third-order valence-electron chi connectivity index (χ3n) is 5.30. The molecule has 3 aromatic rings. The first-order valence-corrected chi connectivity index (χ1v) is 11.1. The molecule has 1 aliphatic heterocycles. The van der Waals surface area contributed by atoms with Crippen molar-refractivity contribution in [3.05, 3.63) is 106 Å². The monoisotopic (exact) mass is 485 g/mol. The molecule has 0 bridgehead atoms. The van der Waals surface area contributed by atoms with E-state index in [9.17, 15) is 4.79 Å². The summed E-state index contributed by atoms with van der Waals surface area (Å²) in [7, 11) is 4.04. The minimum atomic E-state index is -0.126. The summed E-state index contributed by atoms with van der Waals surface area (Å²) in [5.74, 6) is -0.126.